The van der Waals surface area contributed by atoms with Crippen LogP contribution in [0.4, 0.5) is 5.69 Å². The van der Waals surface area contributed by atoms with Gasteiger partial charge in [-0.05, 0) is 37.5 Å². The van der Waals surface area contributed by atoms with E-state index < -0.39 is 5.97 Å². The van der Waals surface area contributed by atoms with Crippen molar-refractivity contribution in [2.45, 2.75) is 31.6 Å². The van der Waals surface area contributed by atoms with Crippen LogP contribution in [0, 0.1) is 0 Å². The predicted molar refractivity (Wildman–Crippen MR) is 123 cm³/mol. The number of pyridine rings is 1. The first-order chi connectivity index (χ1) is 15.7. The third-order valence-electron chi connectivity index (χ3n) is 6.70. The Hall–Kier alpha value is -2.97. The molecule has 0 atom stereocenters. The van der Waals surface area contributed by atoms with E-state index in [1.165, 1.54) is 6.42 Å². The molecule has 2 aliphatic rings. The zero-order valence-corrected chi connectivity index (χ0v) is 18.2. The molecule has 3 aromatic rings. The number of carboxylic acids is 1. The quantitative estimate of drug-likeness (QED) is 0.589. The maximum Gasteiger partial charge on any atom is 0.354 e. The first-order valence-electron chi connectivity index (χ1n) is 11.5. The molecule has 3 heterocycles. The molecule has 8 nitrogen and oxygen atoms in total. The van der Waals surface area contributed by atoms with E-state index in [2.05, 4.69) is 14.8 Å². The van der Waals surface area contributed by atoms with Gasteiger partial charge < -0.3 is 15.1 Å². The van der Waals surface area contributed by atoms with Crippen LogP contribution in [-0.4, -0.2) is 75.2 Å². The maximum absolute atomic E-state index is 12.0. The zero-order valence-electron chi connectivity index (χ0n) is 18.2. The second kappa shape index (κ2) is 8.88. The number of rotatable bonds is 7. The summed E-state index contributed by atoms with van der Waals surface area (Å²) in [6.07, 6.45) is 4.19. The number of carbonyl (C=O) groups is 1. The molecule has 0 amide bonds. The molecule has 1 aliphatic carbocycles. The highest BCUT2D eigenvalue weighted by Gasteiger charge is 2.31. The van der Waals surface area contributed by atoms with Gasteiger partial charge in [-0.1, -0.05) is 24.6 Å². The van der Waals surface area contributed by atoms with E-state index in [-0.39, 0.29) is 12.3 Å². The highest BCUT2D eigenvalue weighted by molar-refractivity contribution is 5.98. The fourth-order valence-electron chi connectivity index (χ4n) is 4.70. The number of aliphatic hydroxyl groups excluding tert-OH is 1. The lowest BCUT2D eigenvalue weighted by atomic mass is 9.82. The summed E-state index contributed by atoms with van der Waals surface area (Å²) in [6, 6.07) is 11.6. The highest BCUT2D eigenvalue weighted by atomic mass is 16.4. The van der Waals surface area contributed by atoms with Crippen molar-refractivity contribution in [2.75, 3.05) is 44.2 Å². The molecular weight excluding hydrogens is 406 g/mol. The van der Waals surface area contributed by atoms with Crippen LogP contribution in [0.2, 0.25) is 0 Å². The summed E-state index contributed by atoms with van der Waals surface area (Å²) in [5.74, 6) is -0.634. The normalized spacial score (nSPS) is 17.6. The van der Waals surface area contributed by atoms with E-state index in [0.29, 0.717) is 11.6 Å². The van der Waals surface area contributed by atoms with E-state index >= 15 is 0 Å². The van der Waals surface area contributed by atoms with Crippen molar-refractivity contribution in [1.82, 2.24) is 19.7 Å². The van der Waals surface area contributed by atoms with Crippen molar-refractivity contribution in [1.29, 1.82) is 0 Å². The Morgan fingerprint density at radius 2 is 1.84 bits per heavy atom. The average Bonchev–Trinajstić information content (AvgIpc) is 3.16. The number of para-hydroxylation sites is 1. The van der Waals surface area contributed by atoms with Gasteiger partial charge in [0.25, 0.3) is 0 Å². The predicted octanol–water partition coefficient (Wildman–Crippen LogP) is 2.89. The van der Waals surface area contributed by atoms with Crippen LogP contribution in [0.5, 0.6) is 0 Å². The minimum absolute atomic E-state index is 0.0486. The van der Waals surface area contributed by atoms with E-state index in [9.17, 15) is 9.90 Å². The molecule has 1 saturated heterocycles. The summed E-state index contributed by atoms with van der Waals surface area (Å²) in [5, 5.41) is 24.9. The van der Waals surface area contributed by atoms with E-state index in [0.717, 1.165) is 74.4 Å². The van der Waals surface area contributed by atoms with Crippen molar-refractivity contribution in [3.63, 3.8) is 0 Å². The first kappa shape index (κ1) is 20.9. The number of aromatic carboxylic acids is 1. The highest BCUT2D eigenvalue weighted by Crippen LogP contribution is 2.42. The standard InChI is InChI=1S/C24H29N5O3/c30-15-5-10-27-11-13-28(14-12-27)20-16-19(24(31)32)25-23-21(20)22(17-6-4-7-17)26-29(23)18-8-2-1-3-9-18/h1-3,8-9,16-17,30H,4-7,10-15H2,(H,31,32). The van der Waals surface area contributed by atoms with Gasteiger partial charge in [0.1, 0.15) is 0 Å². The maximum atomic E-state index is 12.0. The van der Waals surface area contributed by atoms with Gasteiger partial charge in [-0.15, -0.1) is 0 Å². The molecule has 2 fully saturated rings. The average molecular weight is 436 g/mol. The summed E-state index contributed by atoms with van der Waals surface area (Å²) < 4.78 is 1.82. The summed E-state index contributed by atoms with van der Waals surface area (Å²) >= 11 is 0. The van der Waals surface area contributed by atoms with Gasteiger partial charge in [0.2, 0.25) is 0 Å². The minimum atomic E-state index is -1.03. The number of aromatic nitrogens is 3. The molecule has 1 aromatic carbocycles. The van der Waals surface area contributed by atoms with Gasteiger partial charge in [0.15, 0.2) is 11.3 Å². The second-order valence-corrected chi connectivity index (χ2v) is 8.70. The fraction of sp³-hybridized carbons (Fsp3) is 0.458. The third-order valence-corrected chi connectivity index (χ3v) is 6.70. The molecule has 8 heteroatoms. The van der Waals surface area contributed by atoms with Crippen LogP contribution in [0.15, 0.2) is 36.4 Å². The Balaban J connectivity index is 1.62. The van der Waals surface area contributed by atoms with Crippen LogP contribution in [0.25, 0.3) is 16.7 Å². The van der Waals surface area contributed by atoms with Crippen molar-refractivity contribution >= 4 is 22.7 Å². The number of fused-ring (bicyclic) bond motifs is 1. The Kier molecular flexibility index (Phi) is 5.80. The first-order valence-corrected chi connectivity index (χ1v) is 11.5. The van der Waals surface area contributed by atoms with Gasteiger partial charge in [0.05, 0.1) is 22.5 Å². The molecule has 0 radical (unpaired) electrons. The van der Waals surface area contributed by atoms with Crippen LogP contribution < -0.4 is 4.90 Å². The lowest BCUT2D eigenvalue weighted by Crippen LogP contribution is -2.47. The molecule has 2 aromatic heterocycles. The molecule has 168 valence electrons. The van der Waals surface area contributed by atoms with Crippen LogP contribution >= 0.6 is 0 Å². The van der Waals surface area contributed by atoms with Crippen molar-refractivity contribution in [2.24, 2.45) is 0 Å². The van der Waals surface area contributed by atoms with Gasteiger partial charge in [0, 0.05) is 45.2 Å². The molecule has 0 spiro atoms. The molecule has 5 rings (SSSR count). The Morgan fingerprint density at radius 3 is 2.47 bits per heavy atom. The number of hydrogen-bond acceptors (Lipinski definition) is 6. The Morgan fingerprint density at radius 1 is 1.09 bits per heavy atom. The number of piperazine rings is 1. The van der Waals surface area contributed by atoms with Crippen molar-refractivity contribution in [3.05, 3.63) is 47.8 Å². The molecule has 2 N–H and O–H groups in total. The number of aliphatic hydroxyl groups is 1. The SMILES string of the molecule is O=C(O)c1cc(N2CCN(CCCO)CC2)c2c(C3CCC3)nn(-c3ccccc3)c2n1. The number of nitrogens with zero attached hydrogens (tertiary/aromatic N) is 5. The molecule has 0 bridgehead atoms. The van der Waals surface area contributed by atoms with E-state index in [1.807, 2.05) is 35.0 Å². The monoisotopic (exact) mass is 435 g/mol. The number of hydrogen-bond donors (Lipinski definition) is 2. The zero-order chi connectivity index (χ0) is 22.1. The van der Waals surface area contributed by atoms with Crippen LogP contribution in [-0.2, 0) is 0 Å². The van der Waals surface area contributed by atoms with Gasteiger partial charge in [-0.2, -0.15) is 5.10 Å². The Bertz CT molecular complexity index is 1100. The topological polar surface area (TPSA) is 94.7 Å². The van der Waals surface area contributed by atoms with Gasteiger partial charge in [-0.3, -0.25) is 4.90 Å². The minimum Gasteiger partial charge on any atom is -0.477 e. The smallest absolute Gasteiger partial charge is 0.354 e. The summed E-state index contributed by atoms with van der Waals surface area (Å²) in [5.41, 5.74) is 3.52. The number of benzene rings is 1. The number of carboxylic acid groups (broad SMARTS) is 1. The molecular formula is C24H29N5O3. The summed E-state index contributed by atoms with van der Waals surface area (Å²) in [7, 11) is 0. The van der Waals surface area contributed by atoms with Crippen molar-refractivity contribution in [3.8, 4) is 5.69 Å². The molecule has 0 unspecified atom stereocenters. The van der Waals surface area contributed by atoms with E-state index in [1.54, 1.807) is 6.07 Å². The summed E-state index contributed by atoms with van der Waals surface area (Å²) in [6.45, 7) is 4.48. The Labute approximate surface area is 187 Å². The third kappa shape index (κ3) is 3.84. The van der Waals surface area contributed by atoms with Gasteiger partial charge >= 0.3 is 5.97 Å². The second-order valence-electron chi connectivity index (χ2n) is 8.70. The molecule has 1 aliphatic heterocycles. The van der Waals surface area contributed by atoms with Gasteiger partial charge in [-0.25, -0.2) is 14.5 Å². The largest absolute Gasteiger partial charge is 0.477 e. The summed E-state index contributed by atoms with van der Waals surface area (Å²) in [4.78, 5) is 21.2. The van der Waals surface area contributed by atoms with Crippen LogP contribution in [0.1, 0.15) is 47.8 Å². The molecule has 1 saturated carbocycles. The lowest BCUT2D eigenvalue weighted by molar-refractivity contribution is 0.0691. The number of anilines is 1. The molecule has 32 heavy (non-hydrogen) atoms. The van der Waals surface area contributed by atoms with E-state index in [4.69, 9.17) is 10.2 Å². The van der Waals surface area contributed by atoms with Crippen LogP contribution in [0.3, 0.4) is 0 Å². The van der Waals surface area contributed by atoms with Crippen molar-refractivity contribution < 1.29 is 15.0 Å². The fourth-order valence-corrected chi connectivity index (χ4v) is 4.70. The lowest BCUT2D eigenvalue weighted by Gasteiger charge is -2.36.